The quantitative estimate of drug-likeness (QED) is 0.710. The van der Waals surface area contributed by atoms with E-state index in [1.807, 2.05) is 31.1 Å². The third kappa shape index (κ3) is 4.79. The van der Waals surface area contributed by atoms with Crippen molar-refractivity contribution >= 4 is 23.2 Å². The molecule has 0 spiro atoms. The molecule has 24 heavy (non-hydrogen) atoms. The topological polar surface area (TPSA) is 94.6 Å². The molecule has 7 nitrogen and oxygen atoms in total. The normalized spacial score (nSPS) is 11.5. The first-order chi connectivity index (χ1) is 11.5. The number of nitrogens with zero attached hydrogens (tertiary/aromatic N) is 2. The molecule has 3 N–H and O–H groups in total. The van der Waals surface area contributed by atoms with Crippen LogP contribution in [0, 0.1) is 0 Å². The van der Waals surface area contributed by atoms with Gasteiger partial charge in [-0.2, -0.15) is 0 Å². The van der Waals surface area contributed by atoms with Crippen molar-refractivity contribution < 1.29 is 14.7 Å². The van der Waals surface area contributed by atoms with Gasteiger partial charge in [0.25, 0.3) is 0 Å². The monoisotopic (exact) mass is 328 g/mol. The van der Waals surface area contributed by atoms with E-state index in [0.717, 1.165) is 5.69 Å². The van der Waals surface area contributed by atoms with Gasteiger partial charge in [0.05, 0.1) is 18.0 Å². The Morgan fingerprint density at radius 1 is 1.17 bits per heavy atom. The van der Waals surface area contributed by atoms with Crippen LogP contribution in [-0.4, -0.2) is 42.5 Å². The summed E-state index contributed by atoms with van der Waals surface area (Å²) in [6, 6.07) is 10.6. The zero-order chi connectivity index (χ0) is 17.5. The average molecular weight is 328 g/mol. The van der Waals surface area contributed by atoms with Crippen molar-refractivity contribution in [3.8, 4) is 0 Å². The minimum absolute atomic E-state index is 0.0550. The molecule has 0 fully saturated rings. The molecule has 0 saturated carbocycles. The summed E-state index contributed by atoms with van der Waals surface area (Å²) in [4.78, 5) is 29.3. The molecule has 1 heterocycles. The fourth-order valence-corrected chi connectivity index (χ4v) is 2.01. The maximum absolute atomic E-state index is 11.8. The molecule has 0 unspecified atom stereocenters. The number of aromatic nitrogens is 1. The lowest BCUT2D eigenvalue weighted by atomic mass is 10.1. The lowest BCUT2D eigenvalue weighted by molar-refractivity contribution is -0.136. The Kier molecular flexibility index (Phi) is 5.86. The van der Waals surface area contributed by atoms with E-state index >= 15 is 0 Å². The standard InChI is InChI=1S/C17H20N4O3/c1-21(2)14-7-5-12(6-8-14)15(22)11-19-16(23)17(24)20-13-4-3-9-18-10-13/h3-10,15,22H,11H2,1-2H3,(H,19,23)(H,20,24)/t15-/m0/s1. The van der Waals surface area contributed by atoms with Crippen LogP contribution in [0.15, 0.2) is 48.8 Å². The zero-order valence-corrected chi connectivity index (χ0v) is 13.6. The van der Waals surface area contributed by atoms with E-state index in [9.17, 15) is 14.7 Å². The Bertz CT molecular complexity index is 687. The lowest BCUT2D eigenvalue weighted by Gasteiger charge is -2.15. The number of aliphatic hydroxyl groups excluding tert-OH is 1. The maximum atomic E-state index is 11.8. The van der Waals surface area contributed by atoms with Gasteiger partial charge in [-0.15, -0.1) is 0 Å². The Morgan fingerprint density at radius 3 is 2.46 bits per heavy atom. The number of hydrogen-bond donors (Lipinski definition) is 3. The number of rotatable bonds is 5. The summed E-state index contributed by atoms with van der Waals surface area (Å²) in [6.07, 6.45) is 2.11. The molecule has 2 rings (SSSR count). The van der Waals surface area contributed by atoms with E-state index < -0.39 is 17.9 Å². The molecule has 2 aromatic rings. The highest BCUT2D eigenvalue weighted by atomic mass is 16.3. The van der Waals surface area contributed by atoms with Gasteiger partial charge in [0.15, 0.2) is 0 Å². The van der Waals surface area contributed by atoms with Crippen LogP contribution >= 0.6 is 0 Å². The van der Waals surface area contributed by atoms with E-state index in [2.05, 4.69) is 15.6 Å². The first kappa shape index (κ1) is 17.4. The predicted molar refractivity (Wildman–Crippen MR) is 91.6 cm³/mol. The highest BCUT2D eigenvalue weighted by molar-refractivity contribution is 6.39. The molecule has 2 amide bonds. The van der Waals surface area contributed by atoms with Crippen molar-refractivity contribution in [1.82, 2.24) is 10.3 Å². The highest BCUT2D eigenvalue weighted by Crippen LogP contribution is 2.17. The summed E-state index contributed by atoms with van der Waals surface area (Å²) in [5.41, 5.74) is 2.09. The Hall–Kier alpha value is -2.93. The van der Waals surface area contributed by atoms with E-state index in [0.29, 0.717) is 11.3 Å². The smallest absolute Gasteiger partial charge is 0.313 e. The summed E-state index contributed by atoms with van der Waals surface area (Å²) in [5.74, 6) is -1.62. The van der Waals surface area contributed by atoms with Crippen LogP contribution in [0.2, 0.25) is 0 Å². The van der Waals surface area contributed by atoms with E-state index in [1.54, 1.807) is 30.5 Å². The number of carbonyl (C=O) groups excluding carboxylic acids is 2. The molecule has 1 aromatic carbocycles. The van der Waals surface area contributed by atoms with Gasteiger partial charge in [0.1, 0.15) is 0 Å². The molecule has 0 radical (unpaired) electrons. The van der Waals surface area contributed by atoms with Gasteiger partial charge in [-0.25, -0.2) is 0 Å². The second-order valence-electron chi connectivity index (χ2n) is 5.41. The van der Waals surface area contributed by atoms with Crippen molar-refractivity contribution in [3.63, 3.8) is 0 Å². The number of carbonyl (C=O) groups is 2. The fraction of sp³-hybridized carbons (Fsp3) is 0.235. The summed E-state index contributed by atoms with van der Waals surface area (Å²) >= 11 is 0. The molecule has 1 atom stereocenters. The molecule has 0 bridgehead atoms. The number of anilines is 2. The third-order valence-electron chi connectivity index (χ3n) is 3.38. The van der Waals surface area contributed by atoms with Gasteiger partial charge < -0.3 is 20.6 Å². The number of aliphatic hydroxyl groups is 1. The van der Waals surface area contributed by atoms with Crippen molar-refractivity contribution in [3.05, 3.63) is 54.4 Å². The van der Waals surface area contributed by atoms with E-state index in [4.69, 9.17) is 0 Å². The average Bonchev–Trinajstić information content (AvgIpc) is 2.60. The molecule has 0 aliphatic carbocycles. The van der Waals surface area contributed by atoms with Gasteiger partial charge in [-0.1, -0.05) is 12.1 Å². The minimum Gasteiger partial charge on any atom is -0.387 e. The molecule has 0 aliphatic heterocycles. The Balaban J connectivity index is 1.85. The SMILES string of the molecule is CN(C)c1ccc([C@@H](O)CNC(=O)C(=O)Nc2cccnc2)cc1. The molecule has 1 aromatic heterocycles. The Morgan fingerprint density at radius 2 is 1.88 bits per heavy atom. The predicted octanol–water partition coefficient (Wildman–Crippen LogP) is 0.936. The van der Waals surface area contributed by atoms with Crippen LogP contribution in [0.4, 0.5) is 11.4 Å². The number of hydrogen-bond acceptors (Lipinski definition) is 5. The summed E-state index contributed by atoms with van der Waals surface area (Å²) in [7, 11) is 3.85. The molecular weight excluding hydrogens is 308 g/mol. The van der Waals surface area contributed by atoms with E-state index in [1.165, 1.54) is 6.20 Å². The van der Waals surface area contributed by atoms with E-state index in [-0.39, 0.29) is 6.54 Å². The zero-order valence-electron chi connectivity index (χ0n) is 13.6. The fourth-order valence-electron chi connectivity index (χ4n) is 2.01. The number of amides is 2. The lowest BCUT2D eigenvalue weighted by Crippen LogP contribution is -2.37. The van der Waals surface area contributed by atoms with Gasteiger partial charge in [0.2, 0.25) is 0 Å². The minimum atomic E-state index is -0.892. The molecule has 0 aliphatic rings. The van der Waals surface area contributed by atoms with Crippen LogP contribution in [0.1, 0.15) is 11.7 Å². The highest BCUT2D eigenvalue weighted by Gasteiger charge is 2.16. The first-order valence-corrected chi connectivity index (χ1v) is 7.42. The number of benzene rings is 1. The maximum Gasteiger partial charge on any atom is 0.313 e. The van der Waals surface area contributed by atoms with Crippen LogP contribution in [0.3, 0.4) is 0 Å². The van der Waals surface area contributed by atoms with Crippen LogP contribution in [0.25, 0.3) is 0 Å². The van der Waals surface area contributed by atoms with Gasteiger partial charge in [0, 0.05) is 32.5 Å². The molecular formula is C17H20N4O3. The molecule has 7 heteroatoms. The van der Waals surface area contributed by atoms with Crippen molar-refractivity contribution in [2.45, 2.75) is 6.10 Å². The number of nitrogens with one attached hydrogen (secondary N) is 2. The first-order valence-electron chi connectivity index (χ1n) is 7.42. The third-order valence-corrected chi connectivity index (χ3v) is 3.38. The Labute approximate surface area is 140 Å². The summed E-state index contributed by atoms with van der Waals surface area (Å²) in [5, 5.41) is 14.9. The van der Waals surface area contributed by atoms with Crippen LogP contribution in [-0.2, 0) is 9.59 Å². The van der Waals surface area contributed by atoms with Crippen molar-refractivity contribution in [2.24, 2.45) is 0 Å². The van der Waals surface area contributed by atoms with Gasteiger partial charge in [-0.05, 0) is 29.8 Å². The molecule has 126 valence electrons. The van der Waals surface area contributed by atoms with Crippen LogP contribution < -0.4 is 15.5 Å². The molecule has 0 saturated heterocycles. The van der Waals surface area contributed by atoms with Crippen molar-refractivity contribution in [1.29, 1.82) is 0 Å². The second kappa shape index (κ2) is 8.07. The largest absolute Gasteiger partial charge is 0.387 e. The number of pyridine rings is 1. The second-order valence-corrected chi connectivity index (χ2v) is 5.41. The van der Waals surface area contributed by atoms with Gasteiger partial charge in [-0.3, -0.25) is 14.6 Å². The van der Waals surface area contributed by atoms with Crippen molar-refractivity contribution in [2.75, 3.05) is 30.9 Å². The van der Waals surface area contributed by atoms with Gasteiger partial charge >= 0.3 is 11.8 Å². The summed E-state index contributed by atoms with van der Waals surface area (Å²) < 4.78 is 0. The van der Waals surface area contributed by atoms with Crippen LogP contribution in [0.5, 0.6) is 0 Å². The summed E-state index contributed by atoms with van der Waals surface area (Å²) in [6.45, 7) is -0.0550.